The molecule has 1 saturated carbocycles. The topological polar surface area (TPSA) is 101 Å². The molecule has 2 rings (SSSR count). The Bertz CT molecular complexity index is 437. The van der Waals surface area contributed by atoms with Crippen LogP contribution in [0.3, 0.4) is 0 Å². The van der Waals surface area contributed by atoms with Crippen molar-refractivity contribution in [2.24, 2.45) is 5.73 Å². The Morgan fingerprint density at radius 1 is 1.59 bits per heavy atom. The summed E-state index contributed by atoms with van der Waals surface area (Å²) in [6.07, 6.45) is 3.53. The summed E-state index contributed by atoms with van der Waals surface area (Å²) >= 11 is 0. The van der Waals surface area contributed by atoms with Gasteiger partial charge in [-0.1, -0.05) is 0 Å². The number of carbonyl (C=O) groups excluding carboxylic acids is 1. The molecule has 0 aliphatic heterocycles. The summed E-state index contributed by atoms with van der Waals surface area (Å²) in [5.74, 6) is 0.487. The Kier molecular flexibility index (Phi) is 3.63. The molecule has 2 atom stereocenters. The first kappa shape index (κ1) is 11.9. The lowest BCUT2D eigenvalue weighted by molar-refractivity contribution is -0.121. The van der Waals surface area contributed by atoms with Gasteiger partial charge in [0, 0.05) is 31.0 Å². The quantitative estimate of drug-likeness (QED) is 0.682. The number of nitrogens with two attached hydrogens (primary N) is 1. The zero-order valence-electron chi connectivity index (χ0n) is 9.57. The van der Waals surface area contributed by atoms with E-state index in [0.29, 0.717) is 18.6 Å². The number of carbonyl (C=O) groups is 1. The fraction of sp³-hybridized carbons (Fsp3) is 0.636. The second-order valence-electron chi connectivity index (χ2n) is 4.52. The van der Waals surface area contributed by atoms with Crippen LogP contribution in [0.2, 0.25) is 0 Å². The number of H-pyrrole nitrogens is 1. The van der Waals surface area contributed by atoms with Crippen LogP contribution in [0.1, 0.15) is 31.4 Å². The molecule has 1 aromatic rings. The SMILES string of the molecule is N[C@H]1CC[C@H](NC(=O)CCc2cc(=O)[nH]o2)C1. The molecule has 17 heavy (non-hydrogen) atoms. The number of aryl methyl sites for hydroxylation is 1. The molecule has 6 heteroatoms. The van der Waals surface area contributed by atoms with E-state index in [1.54, 1.807) is 0 Å². The summed E-state index contributed by atoms with van der Waals surface area (Å²) in [4.78, 5) is 22.4. The monoisotopic (exact) mass is 239 g/mol. The molecule has 1 heterocycles. The van der Waals surface area contributed by atoms with Crippen molar-refractivity contribution in [3.8, 4) is 0 Å². The molecule has 0 radical (unpaired) electrons. The van der Waals surface area contributed by atoms with Crippen LogP contribution in [0.4, 0.5) is 0 Å². The average Bonchev–Trinajstić information content (AvgIpc) is 2.85. The zero-order chi connectivity index (χ0) is 12.3. The van der Waals surface area contributed by atoms with Crippen LogP contribution >= 0.6 is 0 Å². The second kappa shape index (κ2) is 5.18. The lowest BCUT2D eigenvalue weighted by atomic mass is 10.2. The van der Waals surface area contributed by atoms with E-state index in [4.69, 9.17) is 10.3 Å². The first-order valence-electron chi connectivity index (χ1n) is 5.86. The standard InChI is InChI=1S/C11H17N3O3/c12-7-1-2-8(5-7)13-10(15)4-3-9-6-11(16)14-17-9/h6-8H,1-5,12H2,(H,13,15)(H,14,16)/t7-,8-/m0/s1. The van der Waals surface area contributed by atoms with Crippen molar-refractivity contribution in [2.75, 3.05) is 0 Å². The van der Waals surface area contributed by atoms with E-state index in [1.165, 1.54) is 6.07 Å². The number of aromatic nitrogens is 1. The molecule has 4 N–H and O–H groups in total. The highest BCUT2D eigenvalue weighted by molar-refractivity contribution is 5.76. The fourth-order valence-electron chi connectivity index (χ4n) is 2.13. The van der Waals surface area contributed by atoms with E-state index in [-0.39, 0.29) is 23.6 Å². The molecule has 0 bridgehead atoms. The van der Waals surface area contributed by atoms with Crippen LogP contribution in [0.5, 0.6) is 0 Å². The Morgan fingerprint density at radius 3 is 3.00 bits per heavy atom. The average molecular weight is 239 g/mol. The molecule has 1 aromatic heterocycles. The molecule has 1 amide bonds. The molecule has 6 nitrogen and oxygen atoms in total. The number of amides is 1. The van der Waals surface area contributed by atoms with Gasteiger partial charge in [-0.25, -0.2) is 0 Å². The summed E-state index contributed by atoms with van der Waals surface area (Å²) in [7, 11) is 0. The van der Waals surface area contributed by atoms with Crippen LogP contribution in [-0.2, 0) is 11.2 Å². The Morgan fingerprint density at radius 2 is 2.41 bits per heavy atom. The lowest BCUT2D eigenvalue weighted by Gasteiger charge is -2.11. The van der Waals surface area contributed by atoms with Gasteiger partial charge in [-0.3, -0.25) is 9.59 Å². The molecule has 94 valence electrons. The summed E-state index contributed by atoms with van der Waals surface area (Å²) in [5.41, 5.74) is 5.49. The van der Waals surface area contributed by atoms with Crippen molar-refractivity contribution in [3.63, 3.8) is 0 Å². The number of rotatable bonds is 4. The third-order valence-electron chi connectivity index (χ3n) is 3.01. The van der Waals surface area contributed by atoms with Gasteiger partial charge >= 0.3 is 0 Å². The summed E-state index contributed by atoms with van der Waals surface area (Å²) in [6, 6.07) is 1.78. The normalized spacial score (nSPS) is 23.8. The molecular formula is C11H17N3O3. The van der Waals surface area contributed by atoms with Crippen molar-refractivity contribution in [1.29, 1.82) is 0 Å². The highest BCUT2D eigenvalue weighted by Gasteiger charge is 2.22. The fourth-order valence-corrected chi connectivity index (χ4v) is 2.13. The van der Waals surface area contributed by atoms with Gasteiger partial charge in [-0.15, -0.1) is 0 Å². The van der Waals surface area contributed by atoms with Crippen molar-refractivity contribution in [2.45, 2.75) is 44.2 Å². The highest BCUT2D eigenvalue weighted by Crippen LogP contribution is 2.17. The van der Waals surface area contributed by atoms with Crippen molar-refractivity contribution < 1.29 is 9.32 Å². The predicted octanol–water partition coefficient (Wildman–Crippen LogP) is -0.104. The maximum atomic E-state index is 11.6. The third kappa shape index (κ3) is 3.45. The maximum absolute atomic E-state index is 11.6. The van der Waals surface area contributed by atoms with Crippen molar-refractivity contribution in [3.05, 3.63) is 22.2 Å². The Labute approximate surface area is 98.5 Å². The van der Waals surface area contributed by atoms with Gasteiger partial charge in [0.1, 0.15) is 5.76 Å². The van der Waals surface area contributed by atoms with Gasteiger partial charge in [-0.2, -0.15) is 5.16 Å². The highest BCUT2D eigenvalue weighted by atomic mass is 16.5. The van der Waals surface area contributed by atoms with Gasteiger partial charge in [0.2, 0.25) is 5.91 Å². The van der Waals surface area contributed by atoms with Gasteiger partial charge in [0.25, 0.3) is 5.56 Å². The second-order valence-corrected chi connectivity index (χ2v) is 4.52. The smallest absolute Gasteiger partial charge is 0.280 e. The zero-order valence-corrected chi connectivity index (χ0v) is 9.57. The molecule has 1 aliphatic rings. The van der Waals surface area contributed by atoms with E-state index in [0.717, 1.165) is 19.3 Å². The van der Waals surface area contributed by atoms with Crippen LogP contribution in [0, 0.1) is 0 Å². The molecular weight excluding hydrogens is 222 g/mol. The number of hydrogen-bond donors (Lipinski definition) is 3. The van der Waals surface area contributed by atoms with E-state index < -0.39 is 0 Å². The number of nitrogens with one attached hydrogen (secondary N) is 2. The van der Waals surface area contributed by atoms with Crippen LogP contribution < -0.4 is 16.6 Å². The molecule has 0 saturated heterocycles. The largest absolute Gasteiger partial charge is 0.384 e. The minimum Gasteiger partial charge on any atom is -0.384 e. The van der Waals surface area contributed by atoms with Gasteiger partial charge in [0.15, 0.2) is 0 Å². The van der Waals surface area contributed by atoms with Crippen molar-refractivity contribution in [1.82, 2.24) is 10.5 Å². The molecule has 0 spiro atoms. The van der Waals surface area contributed by atoms with E-state index in [2.05, 4.69) is 10.5 Å². The number of aromatic amines is 1. The predicted molar refractivity (Wildman–Crippen MR) is 61.4 cm³/mol. The summed E-state index contributed by atoms with van der Waals surface area (Å²) in [5, 5.41) is 5.13. The molecule has 0 aromatic carbocycles. The molecule has 0 unspecified atom stereocenters. The van der Waals surface area contributed by atoms with Gasteiger partial charge in [0.05, 0.1) is 0 Å². The summed E-state index contributed by atoms with van der Waals surface area (Å²) < 4.78 is 4.86. The summed E-state index contributed by atoms with van der Waals surface area (Å²) in [6.45, 7) is 0. The minimum atomic E-state index is -0.276. The van der Waals surface area contributed by atoms with Gasteiger partial charge in [-0.05, 0) is 19.3 Å². The Hall–Kier alpha value is -1.56. The first-order chi connectivity index (χ1) is 8.13. The van der Waals surface area contributed by atoms with E-state index >= 15 is 0 Å². The van der Waals surface area contributed by atoms with Crippen LogP contribution in [0.15, 0.2) is 15.4 Å². The van der Waals surface area contributed by atoms with Crippen LogP contribution in [-0.4, -0.2) is 23.1 Å². The number of hydrogen-bond acceptors (Lipinski definition) is 4. The van der Waals surface area contributed by atoms with Gasteiger partial charge < -0.3 is 15.6 Å². The third-order valence-corrected chi connectivity index (χ3v) is 3.01. The van der Waals surface area contributed by atoms with E-state index in [1.807, 2.05) is 0 Å². The minimum absolute atomic E-state index is 0.0204. The first-order valence-corrected chi connectivity index (χ1v) is 5.86. The van der Waals surface area contributed by atoms with Crippen molar-refractivity contribution >= 4 is 5.91 Å². The van der Waals surface area contributed by atoms with E-state index in [9.17, 15) is 9.59 Å². The molecule has 1 aliphatic carbocycles. The lowest BCUT2D eigenvalue weighted by Crippen LogP contribution is -2.34. The maximum Gasteiger partial charge on any atom is 0.280 e. The molecule has 1 fully saturated rings. The van der Waals surface area contributed by atoms with Crippen LogP contribution in [0.25, 0.3) is 0 Å². The Balaban J connectivity index is 1.72.